The smallest absolute Gasteiger partial charge is 0.0361 e. The lowest BCUT2D eigenvalue weighted by atomic mass is 9.89. The molecule has 0 aliphatic carbocycles. The zero-order valence-electron chi connectivity index (χ0n) is 9.81. The first-order valence-electron chi connectivity index (χ1n) is 5.74. The molecule has 2 atom stereocenters. The summed E-state index contributed by atoms with van der Waals surface area (Å²) in [5.74, 6) is 0.317. The number of benzene rings is 2. The average Bonchev–Trinajstić information content (AvgIpc) is 2.39. The normalized spacial score (nSPS) is 14.3. The van der Waals surface area contributed by atoms with Crippen molar-refractivity contribution in [1.29, 1.82) is 0 Å². The summed E-state index contributed by atoms with van der Waals surface area (Å²) in [6.45, 7) is 2.17. The van der Waals surface area contributed by atoms with E-state index in [1.54, 1.807) is 0 Å². The van der Waals surface area contributed by atoms with Gasteiger partial charge in [0.05, 0.1) is 0 Å². The molecule has 0 aliphatic rings. The molecule has 2 N–H and O–H groups in total. The van der Waals surface area contributed by atoms with Crippen LogP contribution in [0.2, 0.25) is 0 Å². The van der Waals surface area contributed by atoms with Gasteiger partial charge < -0.3 is 5.73 Å². The molecule has 0 aromatic heterocycles. The lowest BCUT2D eigenvalue weighted by Gasteiger charge is -2.20. The highest BCUT2D eigenvalue weighted by Crippen LogP contribution is 2.28. The molecule has 2 heteroatoms. The molecule has 0 bridgehead atoms. The van der Waals surface area contributed by atoms with Crippen molar-refractivity contribution < 1.29 is 0 Å². The van der Waals surface area contributed by atoms with E-state index >= 15 is 0 Å². The molecule has 0 saturated heterocycles. The minimum atomic E-state index is 0.0329. The van der Waals surface area contributed by atoms with Crippen LogP contribution in [0.15, 0.2) is 59.1 Å². The molecule has 17 heavy (non-hydrogen) atoms. The fraction of sp³-hybridized carbons (Fsp3) is 0.200. The van der Waals surface area contributed by atoms with Gasteiger partial charge in [-0.25, -0.2) is 0 Å². The quantitative estimate of drug-likeness (QED) is 0.898. The molecule has 0 fully saturated rings. The monoisotopic (exact) mass is 289 g/mol. The van der Waals surface area contributed by atoms with Gasteiger partial charge in [-0.1, -0.05) is 65.3 Å². The lowest BCUT2D eigenvalue weighted by Crippen LogP contribution is -2.17. The topological polar surface area (TPSA) is 26.0 Å². The summed E-state index contributed by atoms with van der Waals surface area (Å²) >= 11 is 3.44. The van der Waals surface area contributed by atoms with Gasteiger partial charge in [-0.3, -0.25) is 0 Å². The summed E-state index contributed by atoms with van der Waals surface area (Å²) in [4.78, 5) is 0. The summed E-state index contributed by atoms with van der Waals surface area (Å²) in [7, 11) is 0. The van der Waals surface area contributed by atoms with Gasteiger partial charge in [-0.05, 0) is 23.3 Å². The van der Waals surface area contributed by atoms with Crippen LogP contribution in [-0.4, -0.2) is 0 Å². The van der Waals surface area contributed by atoms with Crippen LogP contribution >= 0.6 is 15.9 Å². The van der Waals surface area contributed by atoms with Gasteiger partial charge in [0.15, 0.2) is 0 Å². The van der Waals surface area contributed by atoms with Crippen molar-refractivity contribution in [2.45, 2.75) is 18.9 Å². The molecule has 0 amide bonds. The molecule has 2 rings (SSSR count). The highest BCUT2D eigenvalue weighted by Gasteiger charge is 2.16. The molecule has 2 unspecified atom stereocenters. The van der Waals surface area contributed by atoms with Crippen LogP contribution in [0, 0.1) is 0 Å². The summed E-state index contributed by atoms with van der Waals surface area (Å²) in [5, 5.41) is 0. The van der Waals surface area contributed by atoms with Crippen molar-refractivity contribution >= 4 is 15.9 Å². The maximum atomic E-state index is 6.31. The van der Waals surface area contributed by atoms with E-state index in [-0.39, 0.29) is 6.04 Å². The van der Waals surface area contributed by atoms with Crippen LogP contribution in [0.5, 0.6) is 0 Å². The van der Waals surface area contributed by atoms with E-state index in [2.05, 4.69) is 59.3 Å². The molecule has 0 saturated carbocycles. The lowest BCUT2D eigenvalue weighted by molar-refractivity contribution is 0.598. The van der Waals surface area contributed by atoms with Gasteiger partial charge in [-0.15, -0.1) is 0 Å². The first-order chi connectivity index (χ1) is 8.18. The molecule has 2 aromatic rings. The van der Waals surface area contributed by atoms with Crippen molar-refractivity contribution in [3.63, 3.8) is 0 Å². The van der Waals surface area contributed by atoms with Crippen LogP contribution in [0.1, 0.15) is 30.0 Å². The average molecular weight is 290 g/mol. The first kappa shape index (κ1) is 12.3. The maximum Gasteiger partial charge on any atom is 0.0361 e. The second-order valence-electron chi connectivity index (χ2n) is 4.28. The van der Waals surface area contributed by atoms with Crippen molar-refractivity contribution in [1.82, 2.24) is 0 Å². The molecule has 2 aromatic carbocycles. The van der Waals surface area contributed by atoms with Gasteiger partial charge in [0, 0.05) is 16.4 Å². The second-order valence-corrected chi connectivity index (χ2v) is 5.19. The predicted molar refractivity (Wildman–Crippen MR) is 75.9 cm³/mol. The third kappa shape index (κ3) is 2.96. The van der Waals surface area contributed by atoms with Crippen LogP contribution in [-0.2, 0) is 0 Å². The van der Waals surface area contributed by atoms with Gasteiger partial charge in [0.2, 0.25) is 0 Å². The number of hydrogen-bond acceptors (Lipinski definition) is 1. The Kier molecular flexibility index (Phi) is 3.97. The molecular formula is C15H16BrN. The molecule has 88 valence electrons. The Morgan fingerprint density at radius 3 is 2.06 bits per heavy atom. The zero-order valence-corrected chi connectivity index (χ0v) is 11.4. The molecule has 0 aliphatic heterocycles. The van der Waals surface area contributed by atoms with Crippen LogP contribution < -0.4 is 5.73 Å². The van der Waals surface area contributed by atoms with Crippen molar-refractivity contribution in [3.8, 4) is 0 Å². The molecule has 0 heterocycles. The van der Waals surface area contributed by atoms with Gasteiger partial charge >= 0.3 is 0 Å². The summed E-state index contributed by atoms with van der Waals surface area (Å²) in [6, 6.07) is 18.7. The Bertz CT molecular complexity index is 464. The van der Waals surface area contributed by atoms with Gasteiger partial charge in [0.25, 0.3) is 0 Å². The minimum absolute atomic E-state index is 0.0329. The van der Waals surface area contributed by atoms with Crippen LogP contribution in [0.4, 0.5) is 0 Å². The number of hydrogen-bond donors (Lipinski definition) is 1. The SMILES string of the molecule is CC(c1ccccc1)C(N)c1ccc(Br)cc1. The van der Waals surface area contributed by atoms with E-state index in [1.807, 2.05) is 18.2 Å². The summed E-state index contributed by atoms with van der Waals surface area (Å²) in [6.07, 6.45) is 0. The largest absolute Gasteiger partial charge is 0.323 e. The van der Waals surface area contributed by atoms with Gasteiger partial charge in [-0.2, -0.15) is 0 Å². The number of rotatable bonds is 3. The van der Waals surface area contributed by atoms with Gasteiger partial charge in [0.1, 0.15) is 0 Å². The zero-order chi connectivity index (χ0) is 12.3. The predicted octanol–water partition coefficient (Wildman–Crippen LogP) is 4.25. The highest BCUT2D eigenvalue weighted by molar-refractivity contribution is 9.10. The molecule has 0 spiro atoms. The van der Waals surface area contributed by atoms with E-state index < -0.39 is 0 Å². The Labute approximate surface area is 111 Å². The highest BCUT2D eigenvalue weighted by atomic mass is 79.9. The van der Waals surface area contributed by atoms with E-state index in [1.165, 1.54) is 11.1 Å². The third-order valence-corrected chi connectivity index (χ3v) is 3.65. The van der Waals surface area contributed by atoms with Crippen LogP contribution in [0.3, 0.4) is 0 Å². The fourth-order valence-electron chi connectivity index (χ4n) is 1.94. The van der Waals surface area contributed by atoms with Crippen molar-refractivity contribution in [3.05, 3.63) is 70.2 Å². The Morgan fingerprint density at radius 1 is 0.882 bits per heavy atom. The molecular weight excluding hydrogens is 274 g/mol. The summed E-state index contributed by atoms with van der Waals surface area (Å²) < 4.78 is 1.08. The Hall–Kier alpha value is -1.12. The Morgan fingerprint density at radius 2 is 1.47 bits per heavy atom. The molecule has 1 nitrogen and oxygen atoms in total. The Balaban J connectivity index is 2.20. The summed E-state index contributed by atoms with van der Waals surface area (Å²) in [5.41, 5.74) is 8.76. The molecule has 0 radical (unpaired) electrons. The number of nitrogens with two attached hydrogens (primary N) is 1. The minimum Gasteiger partial charge on any atom is -0.323 e. The van der Waals surface area contributed by atoms with E-state index in [0.717, 1.165) is 4.47 Å². The van der Waals surface area contributed by atoms with Crippen LogP contribution in [0.25, 0.3) is 0 Å². The van der Waals surface area contributed by atoms with Crippen molar-refractivity contribution in [2.24, 2.45) is 5.73 Å². The second kappa shape index (κ2) is 5.48. The standard InChI is InChI=1S/C15H16BrN/c1-11(12-5-3-2-4-6-12)15(17)13-7-9-14(16)10-8-13/h2-11,15H,17H2,1H3. The van der Waals surface area contributed by atoms with E-state index in [9.17, 15) is 0 Å². The first-order valence-corrected chi connectivity index (χ1v) is 6.54. The fourth-order valence-corrected chi connectivity index (χ4v) is 2.20. The maximum absolute atomic E-state index is 6.31. The van der Waals surface area contributed by atoms with Crippen molar-refractivity contribution in [2.75, 3.05) is 0 Å². The third-order valence-electron chi connectivity index (χ3n) is 3.12. The van der Waals surface area contributed by atoms with E-state index in [0.29, 0.717) is 5.92 Å². The number of halogens is 1. The van der Waals surface area contributed by atoms with E-state index in [4.69, 9.17) is 5.73 Å².